The van der Waals surface area contributed by atoms with Crippen LogP contribution < -0.4 is 5.32 Å². The average Bonchev–Trinajstić information content (AvgIpc) is 2.03. The molecule has 12 heavy (non-hydrogen) atoms. The number of ether oxygens (including phenoxy) is 1. The van der Waals surface area contributed by atoms with Crippen LogP contribution in [0.25, 0.3) is 0 Å². The van der Waals surface area contributed by atoms with Gasteiger partial charge < -0.3 is 15.0 Å². The third-order valence-corrected chi connectivity index (χ3v) is 1.79. The molecule has 0 radical (unpaired) electrons. The van der Waals surface area contributed by atoms with Gasteiger partial charge in [0.05, 0.1) is 6.10 Å². The molecule has 0 saturated heterocycles. The van der Waals surface area contributed by atoms with E-state index in [1.807, 2.05) is 0 Å². The molecule has 0 saturated carbocycles. The summed E-state index contributed by atoms with van der Waals surface area (Å²) >= 11 is 0. The van der Waals surface area contributed by atoms with Crippen LogP contribution in [0.2, 0.25) is 0 Å². The molecule has 0 aliphatic rings. The maximum Gasteiger partial charge on any atom is 0.0667 e. The zero-order valence-corrected chi connectivity index (χ0v) is 8.76. The van der Waals surface area contributed by atoms with Crippen molar-refractivity contribution in [2.75, 3.05) is 40.8 Å². The highest BCUT2D eigenvalue weighted by Gasteiger charge is 1.96. The summed E-state index contributed by atoms with van der Waals surface area (Å²) in [4.78, 5) is 2.20. The molecule has 1 unspecified atom stereocenters. The van der Waals surface area contributed by atoms with Crippen LogP contribution in [0.1, 0.15) is 13.3 Å². The average molecular weight is 174 g/mol. The van der Waals surface area contributed by atoms with Gasteiger partial charge >= 0.3 is 0 Å². The van der Waals surface area contributed by atoms with Crippen LogP contribution in [0.4, 0.5) is 0 Å². The van der Waals surface area contributed by atoms with Gasteiger partial charge in [0.25, 0.3) is 0 Å². The number of nitrogens with one attached hydrogen (secondary N) is 1. The minimum Gasteiger partial charge on any atom is -0.380 e. The van der Waals surface area contributed by atoms with Crippen LogP contribution in [-0.4, -0.2) is 51.8 Å². The van der Waals surface area contributed by atoms with Gasteiger partial charge in [-0.05, 0) is 40.5 Å². The summed E-state index contributed by atoms with van der Waals surface area (Å²) in [6, 6.07) is 0. The van der Waals surface area contributed by atoms with Crippen LogP contribution >= 0.6 is 0 Å². The maximum absolute atomic E-state index is 5.10. The molecule has 0 heterocycles. The van der Waals surface area contributed by atoms with E-state index in [0.29, 0.717) is 6.10 Å². The van der Waals surface area contributed by atoms with Gasteiger partial charge in [0.15, 0.2) is 0 Å². The Labute approximate surface area is 76.1 Å². The van der Waals surface area contributed by atoms with Crippen LogP contribution in [-0.2, 0) is 4.74 Å². The largest absolute Gasteiger partial charge is 0.380 e. The molecular formula is C9H22N2O. The van der Waals surface area contributed by atoms with Gasteiger partial charge in [-0.25, -0.2) is 0 Å². The van der Waals surface area contributed by atoms with Gasteiger partial charge in [-0.3, -0.25) is 0 Å². The van der Waals surface area contributed by atoms with E-state index in [1.54, 1.807) is 7.11 Å². The molecule has 0 rings (SSSR count). The van der Waals surface area contributed by atoms with Crippen LogP contribution in [0.5, 0.6) is 0 Å². The van der Waals surface area contributed by atoms with E-state index in [-0.39, 0.29) is 0 Å². The zero-order chi connectivity index (χ0) is 9.40. The number of methoxy groups -OCH3 is 1. The summed E-state index contributed by atoms with van der Waals surface area (Å²) in [6.45, 7) is 5.24. The smallest absolute Gasteiger partial charge is 0.0667 e. The van der Waals surface area contributed by atoms with Crippen molar-refractivity contribution >= 4 is 0 Å². The molecule has 3 nitrogen and oxygen atoms in total. The van der Waals surface area contributed by atoms with E-state index in [2.05, 4.69) is 31.2 Å². The number of rotatable bonds is 7. The topological polar surface area (TPSA) is 24.5 Å². The molecule has 0 aromatic rings. The Morgan fingerprint density at radius 3 is 2.58 bits per heavy atom. The highest BCUT2D eigenvalue weighted by Crippen LogP contribution is 1.85. The molecule has 0 spiro atoms. The van der Waals surface area contributed by atoms with Crippen molar-refractivity contribution in [3.8, 4) is 0 Å². The second-order valence-electron chi connectivity index (χ2n) is 3.41. The van der Waals surface area contributed by atoms with E-state index in [4.69, 9.17) is 4.74 Å². The van der Waals surface area contributed by atoms with Crippen LogP contribution in [0, 0.1) is 0 Å². The first kappa shape index (κ1) is 11.9. The third-order valence-electron chi connectivity index (χ3n) is 1.79. The Balaban J connectivity index is 3.00. The highest BCUT2D eigenvalue weighted by molar-refractivity contribution is 4.55. The minimum atomic E-state index is 0.323. The lowest BCUT2D eigenvalue weighted by atomic mass is 10.3. The summed E-state index contributed by atoms with van der Waals surface area (Å²) in [5.74, 6) is 0. The monoisotopic (exact) mass is 174 g/mol. The predicted octanol–water partition coefficient (Wildman–Crippen LogP) is 0.563. The molecule has 1 atom stereocenters. The fourth-order valence-corrected chi connectivity index (χ4v) is 0.909. The van der Waals surface area contributed by atoms with Crippen LogP contribution in [0.3, 0.4) is 0 Å². The Kier molecular flexibility index (Phi) is 7.45. The van der Waals surface area contributed by atoms with Crippen molar-refractivity contribution in [2.45, 2.75) is 19.4 Å². The normalized spacial score (nSPS) is 13.8. The highest BCUT2D eigenvalue weighted by atomic mass is 16.5. The lowest BCUT2D eigenvalue weighted by molar-refractivity contribution is 0.117. The molecule has 0 amide bonds. The summed E-state index contributed by atoms with van der Waals surface area (Å²) in [6.07, 6.45) is 1.52. The van der Waals surface area contributed by atoms with Gasteiger partial charge in [0.1, 0.15) is 0 Å². The fourth-order valence-electron chi connectivity index (χ4n) is 0.909. The predicted molar refractivity (Wildman–Crippen MR) is 52.5 cm³/mol. The summed E-state index contributed by atoms with van der Waals surface area (Å²) < 4.78 is 5.10. The number of nitrogens with zero attached hydrogens (tertiary/aromatic N) is 1. The van der Waals surface area contributed by atoms with E-state index in [9.17, 15) is 0 Å². The van der Waals surface area contributed by atoms with Crippen molar-refractivity contribution in [1.82, 2.24) is 10.2 Å². The molecule has 0 fully saturated rings. The van der Waals surface area contributed by atoms with Gasteiger partial charge in [0, 0.05) is 13.7 Å². The van der Waals surface area contributed by atoms with Crippen molar-refractivity contribution in [1.29, 1.82) is 0 Å². The first-order valence-electron chi connectivity index (χ1n) is 4.55. The van der Waals surface area contributed by atoms with Crippen molar-refractivity contribution < 1.29 is 4.74 Å². The van der Waals surface area contributed by atoms with Crippen molar-refractivity contribution in [3.05, 3.63) is 0 Å². The molecular weight excluding hydrogens is 152 g/mol. The van der Waals surface area contributed by atoms with E-state index >= 15 is 0 Å². The van der Waals surface area contributed by atoms with E-state index in [1.165, 1.54) is 6.42 Å². The van der Waals surface area contributed by atoms with E-state index in [0.717, 1.165) is 19.6 Å². The van der Waals surface area contributed by atoms with Crippen molar-refractivity contribution in [3.63, 3.8) is 0 Å². The second kappa shape index (κ2) is 7.53. The summed E-state index contributed by atoms with van der Waals surface area (Å²) in [5.41, 5.74) is 0. The molecule has 0 bridgehead atoms. The SMILES string of the molecule is COC(C)CNCCCN(C)C. The van der Waals surface area contributed by atoms with Gasteiger partial charge in [-0.2, -0.15) is 0 Å². The first-order chi connectivity index (χ1) is 5.66. The lowest BCUT2D eigenvalue weighted by Gasteiger charge is -2.12. The maximum atomic E-state index is 5.10. The number of hydrogen-bond donors (Lipinski definition) is 1. The van der Waals surface area contributed by atoms with Gasteiger partial charge in [-0.15, -0.1) is 0 Å². The minimum absolute atomic E-state index is 0.323. The molecule has 0 aliphatic heterocycles. The molecule has 0 aliphatic carbocycles. The third kappa shape index (κ3) is 7.98. The summed E-state index contributed by atoms with van der Waals surface area (Å²) in [7, 11) is 5.93. The standard InChI is InChI=1S/C9H22N2O/c1-9(12-4)8-10-6-5-7-11(2)3/h9-10H,5-8H2,1-4H3. The molecule has 3 heteroatoms. The quantitative estimate of drug-likeness (QED) is 0.571. The Hall–Kier alpha value is -0.120. The molecule has 0 aromatic heterocycles. The fraction of sp³-hybridized carbons (Fsp3) is 1.00. The Morgan fingerprint density at radius 2 is 2.08 bits per heavy atom. The second-order valence-corrected chi connectivity index (χ2v) is 3.41. The first-order valence-corrected chi connectivity index (χ1v) is 4.55. The van der Waals surface area contributed by atoms with E-state index < -0.39 is 0 Å². The Bertz CT molecular complexity index is 96.5. The molecule has 74 valence electrons. The van der Waals surface area contributed by atoms with Crippen LogP contribution in [0.15, 0.2) is 0 Å². The lowest BCUT2D eigenvalue weighted by Crippen LogP contribution is -2.28. The molecule has 0 aromatic carbocycles. The number of hydrogen-bond acceptors (Lipinski definition) is 3. The Morgan fingerprint density at radius 1 is 1.42 bits per heavy atom. The van der Waals surface area contributed by atoms with Crippen molar-refractivity contribution in [2.24, 2.45) is 0 Å². The summed E-state index contributed by atoms with van der Waals surface area (Å²) in [5, 5.41) is 3.34. The van der Waals surface area contributed by atoms with Gasteiger partial charge in [-0.1, -0.05) is 0 Å². The molecule has 1 N–H and O–H groups in total. The zero-order valence-electron chi connectivity index (χ0n) is 8.76. The van der Waals surface area contributed by atoms with Gasteiger partial charge in [0.2, 0.25) is 0 Å².